The fourth-order valence-corrected chi connectivity index (χ4v) is 3.56. The maximum atomic E-state index is 13.4. The van der Waals surface area contributed by atoms with Gasteiger partial charge < -0.3 is 10.2 Å². The molecule has 1 unspecified atom stereocenters. The third-order valence-electron chi connectivity index (χ3n) is 5.19. The van der Waals surface area contributed by atoms with Crippen molar-refractivity contribution < 1.29 is 9.18 Å². The summed E-state index contributed by atoms with van der Waals surface area (Å²) < 4.78 is 13.4. The zero-order valence-electron chi connectivity index (χ0n) is 16.3. The largest absolute Gasteiger partial charge is 0.340 e. The average molecular weight is 390 g/mol. The lowest BCUT2D eigenvalue weighted by Crippen LogP contribution is -2.41. The number of hydrogen-bond acceptors (Lipinski definition) is 4. The summed E-state index contributed by atoms with van der Waals surface area (Å²) in [5.41, 5.74) is 3.48. The number of aryl methyl sites for hydroxylation is 1. The molecule has 29 heavy (non-hydrogen) atoms. The Balaban J connectivity index is 1.42. The molecule has 0 radical (unpaired) electrons. The third kappa shape index (κ3) is 4.59. The van der Waals surface area contributed by atoms with Crippen LogP contribution in [0.15, 0.2) is 60.9 Å². The van der Waals surface area contributed by atoms with Crippen LogP contribution in [0.1, 0.15) is 18.4 Å². The molecule has 5 nitrogen and oxygen atoms in total. The lowest BCUT2D eigenvalue weighted by molar-refractivity contribution is -0.120. The molecule has 1 amide bonds. The summed E-state index contributed by atoms with van der Waals surface area (Å²) in [6.45, 7) is 3.41. The van der Waals surface area contributed by atoms with E-state index in [4.69, 9.17) is 0 Å². The van der Waals surface area contributed by atoms with Gasteiger partial charge in [0, 0.05) is 36.7 Å². The van der Waals surface area contributed by atoms with Crippen LogP contribution in [0.4, 0.5) is 16.0 Å². The summed E-state index contributed by atoms with van der Waals surface area (Å²) in [4.78, 5) is 23.6. The minimum Gasteiger partial charge on any atom is -0.340 e. The lowest BCUT2D eigenvalue weighted by atomic mass is 9.97. The second-order valence-electron chi connectivity index (χ2n) is 7.42. The van der Waals surface area contributed by atoms with Crippen molar-refractivity contribution in [2.75, 3.05) is 23.3 Å². The second kappa shape index (κ2) is 8.39. The van der Waals surface area contributed by atoms with Crippen molar-refractivity contribution in [3.8, 4) is 11.1 Å². The monoisotopic (exact) mass is 390 g/mol. The van der Waals surface area contributed by atoms with Gasteiger partial charge in [0.25, 0.3) is 0 Å². The smallest absolute Gasteiger partial charge is 0.229 e. The first-order chi connectivity index (χ1) is 14.1. The molecule has 6 heteroatoms. The second-order valence-corrected chi connectivity index (χ2v) is 7.42. The van der Waals surface area contributed by atoms with Gasteiger partial charge in [-0.15, -0.1) is 0 Å². The number of anilines is 2. The van der Waals surface area contributed by atoms with Crippen molar-refractivity contribution >= 4 is 17.5 Å². The molecule has 0 aliphatic carbocycles. The van der Waals surface area contributed by atoms with E-state index in [-0.39, 0.29) is 17.6 Å². The van der Waals surface area contributed by atoms with Crippen LogP contribution >= 0.6 is 0 Å². The van der Waals surface area contributed by atoms with Gasteiger partial charge in [0.15, 0.2) is 0 Å². The molecule has 1 atom stereocenters. The topological polar surface area (TPSA) is 58.1 Å². The molecule has 2 heterocycles. The highest BCUT2D eigenvalue weighted by Crippen LogP contribution is 2.24. The molecular formula is C23H23FN4O. The van der Waals surface area contributed by atoms with Gasteiger partial charge in [-0.25, -0.2) is 14.4 Å². The van der Waals surface area contributed by atoms with E-state index in [1.165, 1.54) is 12.1 Å². The highest BCUT2D eigenvalue weighted by Gasteiger charge is 2.27. The van der Waals surface area contributed by atoms with Crippen molar-refractivity contribution in [2.45, 2.75) is 19.8 Å². The number of nitrogens with one attached hydrogen (secondary N) is 1. The first kappa shape index (κ1) is 19.1. The predicted molar refractivity (Wildman–Crippen MR) is 112 cm³/mol. The highest BCUT2D eigenvalue weighted by atomic mass is 19.1. The molecule has 1 aliphatic heterocycles. The third-order valence-corrected chi connectivity index (χ3v) is 5.19. The minimum atomic E-state index is -0.287. The van der Waals surface area contributed by atoms with Gasteiger partial charge in [-0.2, -0.15) is 0 Å². The van der Waals surface area contributed by atoms with Crippen molar-refractivity contribution in [3.63, 3.8) is 0 Å². The average Bonchev–Trinajstić information content (AvgIpc) is 2.75. The van der Waals surface area contributed by atoms with E-state index >= 15 is 0 Å². The molecule has 1 aliphatic rings. The Bertz CT molecular complexity index is 989. The highest BCUT2D eigenvalue weighted by molar-refractivity contribution is 5.93. The van der Waals surface area contributed by atoms with Gasteiger partial charge in [-0.1, -0.05) is 29.8 Å². The van der Waals surface area contributed by atoms with E-state index in [1.807, 2.05) is 42.2 Å². The molecule has 0 saturated carbocycles. The van der Waals surface area contributed by atoms with Gasteiger partial charge in [-0.05, 0) is 49.6 Å². The molecule has 1 aromatic heterocycles. The Morgan fingerprint density at radius 1 is 1.10 bits per heavy atom. The number of carbonyl (C=O) groups is 1. The number of benzene rings is 2. The Morgan fingerprint density at radius 2 is 1.86 bits per heavy atom. The fourth-order valence-electron chi connectivity index (χ4n) is 3.56. The Morgan fingerprint density at radius 3 is 2.59 bits per heavy atom. The molecule has 3 aromatic rings. The molecule has 1 saturated heterocycles. The standard InChI is InChI=1S/C23H23FN4O/c1-16-7-9-21(10-8-16)27-22(29)18-5-3-11-28(15-18)23-25-13-19(14-26-23)17-4-2-6-20(24)12-17/h2,4,6-10,12-14,18H,3,5,11,15H2,1H3,(H,27,29). The summed E-state index contributed by atoms with van der Waals surface area (Å²) in [5, 5.41) is 3.00. The molecule has 2 aromatic carbocycles. The molecule has 0 spiro atoms. The number of amides is 1. The summed E-state index contributed by atoms with van der Waals surface area (Å²) in [5.74, 6) is 0.217. The Hall–Kier alpha value is -3.28. The number of piperidine rings is 1. The van der Waals surface area contributed by atoms with Gasteiger partial charge in [0.2, 0.25) is 11.9 Å². The van der Waals surface area contributed by atoms with E-state index in [0.717, 1.165) is 41.8 Å². The number of carbonyl (C=O) groups excluding carboxylic acids is 1. The van der Waals surface area contributed by atoms with Crippen LogP contribution in [0.2, 0.25) is 0 Å². The van der Waals surface area contributed by atoms with E-state index in [0.29, 0.717) is 12.5 Å². The molecular weight excluding hydrogens is 367 g/mol. The van der Waals surface area contributed by atoms with Gasteiger partial charge in [0.1, 0.15) is 5.82 Å². The van der Waals surface area contributed by atoms with Crippen LogP contribution in [0.5, 0.6) is 0 Å². The van der Waals surface area contributed by atoms with Crippen molar-refractivity contribution in [2.24, 2.45) is 5.92 Å². The summed E-state index contributed by atoms with van der Waals surface area (Å²) in [7, 11) is 0. The van der Waals surface area contributed by atoms with Gasteiger partial charge in [-0.3, -0.25) is 4.79 Å². The van der Waals surface area contributed by atoms with Crippen LogP contribution in [0.3, 0.4) is 0 Å². The Kier molecular flexibility index (Phi) is 5.51. The van der Waals surface area contributed by atoms with Crippen molar-refractivity contribution in [1.29, 1.82) is 0 Å². The number of hydrogen-bond donors (Lipinski definition) is 1. The van der Waals surface area contributed by atoms with Crippen LogP contribution in [0, 0.1) is 18.7 Å². The van der Waals surface area contributed by atoms with E-state index in [2.05, 4.69) is 15.3 Å². The van der Waals surface area contributed by atoms with Crippen LogP contribution in [-0.2, 0) is 4.79 Å². The Labute approximate surface area is 169 Å². The molecule has 1 N–H and O–H groups in total. The zero-order chi connectivity index (χ0) is 20.2. The summed E-state index contributed by atoms with van der Waals surface area (Å²) >= 11 is 0. The first-order valence-corrected chi connectivity index (χ1v) is 9.79. The van der Waals surface area contributed by atoms with Crippen molar-refractivity contribution in [3.05, 3.63) is 72.3 Å². The molecule has 4 rings (SSSR count). The summed E-state index contributed by atoms with van der Waals surface area (Å²) in [6, 6.07) is 14.2. The number of aromatic nitrogens is 2. The van der Waals surface area contributed by atoms with Crippen LogP contribution < -0.4 is 10.2 Å². The molecule has 0 bridgehead atoms. The van der Waals surface area contributed by atoms with Crippen LogP contribution in [0.25, 0.3) is 11.1 Å². The lowest BCUT2D eigenvalue weighted by Gasteiger charge is -2.32. The first-order valence-electron chi connectivity index (χ1n) is 9.79. The van der Waals surface area contributed by atoms with E-state index in [1.54, 1.807) is 18.5 Å². The SMILES string of the molecule is Cc1ccc(NC(=O)C2CCCN(c3ncc(-c4cccc(F)c4)cn3)C2)cc1. The number of nitrogens with zero attached hydrogens (tertiary/aromatic N) is 3. The van der Waals surface area contributed by atoms with E-state index < -0.39 is 0 Å². The fraction of sp³-hybridized carbons (Fsp3) is 0.261. The summed E-state index contributed by atoms with van der Waals surface area (Å²) in [6.07, 6.45) is 5.15. The predicted octanol–water partition coefficient (Wildman–Crippen LogP) is 4.45. The number of rotatable bonds is 4. The maximum absolute atomic E-state index is 13.4. The number of halogens is 1. The molecule has 148 valence electrons. The van der Waals surface area contributed by atoms with Crippen LogP contribution in [-0.4, -0.2) is 29.0 Å². The zero-order valence-corrected chi connectivity index (χ0v) is 16.3. The van der Waals surface area contributed by atoms with Gasteiger partial charge in [0.05, 0.1) is 5.92 Å². The normalized spacial score (nSPS) is 16.5. The van der Waals surface area contributed by atoms with E-state index in [9.17, 15) is 9.18 Å². The minimum absolute atomic E-state index is 0.0231. The maximum Gasteiger partial charge on any atom is 0.229 e. The quantitative estimate of drug-likeness (QED) is 0.715. The van der Waals surface area contributed by atoms with Gasteiger partial charge >= 0.3 is 0 Å². The van der Waals surface area contributed by atoms with Crippen molar-refractivity contribution in [1.82, 2.24) is 9.97 Å². The molecule has 1 fully saturated rings.